The zero-order valence-corrected chi connectivity index (χ0v) is 11.1. The SMILES string of the molecule is NC(=S)c1cc(SCc2ccccc2F)ccn1. The number of thioether (sulfide) groups is 1. The predicted molar refractivity (Wildman–Crippen MR) is 76.1 cm³/mol. The van der Waals surface area contributed by atoms with Crippen molar-refractivity contribution in [1.82, 2.24) is 4.98 Å². The van der Waals surface area contributed by atoms with Crippen molar-refractivity contribution in [2.45, 2.75) is 10.6 Å². The molecule has 92 valence electrons. The fraction of sp³-hybridized carbons (Fsp3) is 0.0769. The number of hydrogen-bond acceptors (Lipinski definition) is 3. The van der Waals surface area contributed by atoms with Crippen LogP contribution in [0.1, 0.15) is 11.3 Å². The summed E-state index contributed by atoms with van der Waals surface area (Å²) < 4.78 is 13.4. The molecule has 0 aliphatic rings. The van der Waals surface area contributed by atoms with E-state index in [2.05, 4.69) is 4.98 Å². The van der Waals surface area contributed by atoms with E-state index in [4.69, 9.17) is 18.0 Å². The van der Waals surface area contributed by atoms with Gasteiger partial charge in [-0.1, -0.05) is 30.4 Å². The molecule has 0 atom stereocenters. The summed E-state index contributed by atoms with van der Waals surface area (Å²) in [6.45, 7) is 0. The van der Waals surface area contributed by atoms with Crippen LogP contribution in [0.4, 0.5) is 4.39 Å². The molecule has 0 aliphatic carbocycles. The molecule has 18 heavy (non-hydrogen) atoms. The first kappa shape index (κ1) is 13.0. The van der Waals surface area contributed by atoms with Crippen LogP contribution in [-0.4, -0.2) is 9.97 Å². The summed E-state index contributed by atoms with van der Waals surface area (Å²) in [5.41, 5.74) is 6.78. The second-order valence-corrected chi connectivity index (χ2v) is 5.11. The molecule has 0 radical (unpaired) electrons. The van der Waals surface area contributed by atoms with Crippen LogP contribution < -0.4 is 5.73 Å². The number of pyridine rings is 1. The van der Waals surface area contributed by atoms with Gasteiger partial charge in [-0.05, 0) is 23.8 Å². The molecule has 0 aliphatic heterocycles. The Kier molecular flexibility index (Phi) is 4.28. The Morgan fingerprint density at radius 3 is 2.83 bits per heavy atom. The Morgan fingerprint density at radius 1 is 1.33 bits per heavy atom. The quantitative estimate of drug-likeness (QED) is 0.689. The van der Waals surface area contributed by atoms with Crippen LogP contribution in [0.25, 0.3) is 0 Å². The predicted octanol–water partition coefficient (Wildman–Crippen LogP) is 3.15. The number of thiocarbonyl (C=S) groups is 1. The fourth-order valence-corrected chi connectivity index (χ4v) is 2.43. The van der Waals surface area contributed by atoms with Crippen LogP contribution in [-0.2, 0) is 5.75 Å². The summed E-state index contributed by atoms with van der Waals surface area (Å²) in [5.74, 6) is 0.376. The standard InChI is InChI=1S/C13H11FN2S2/c14-11-4-2-1-3-9(11)8-18-10-5-6-16-12(7-10)13(15)17/h1-7H,8H2,(H2,15,17). The van der Waals surface area contributed by atoms with E-state index in [1.54, 1.807) is 18.3 Å². The molecule has 0 spiro atoms. The maximum atomic E-state index is 13.4. The van der Waals surface area contributed by atoms with E-state index in [0.29, 0.717) is 17.0 Å². The lowest BCUT2D eigenvalue weighted by Gasteiger charge is -2.04. The average molecular weight is 278 g/mol. The number of benzene rings is 1. The summed E-state index contributed by atoms with van der Waals surface area (Å²) in [7, 11) is 0. The molecule has 0 saturated heterocycles. The van der Waals surface area contributed by atoms with Gasteiger partial charge in [-0.25, -0.2) is 4.39 Å². The highest BCUT2D eigenvalue weighted by Crippen LogP contribution is 2.24. The van der Waals surface area contributed by atoms with Crippen molar-refractivity contribution in [2.75, 3.05) is 0 Å². The average Bonchev–Trinajstić information content (AvgIpc) is 2.38. The first-order chi connectivity index (χ1) is 8.66. The van der Waals surface area contributed by atoms with Crippen molar-refractivity contribution in [3.63, 3.8) is 0 Å². The Bertz CT molecular complexity index is 572. The summed E-state index contributed by atoms with van der Waals surface area (Å²) >= 11 is 6.39. The molecule has 1 aromatic heterocycles. The van der Waals surface area contributed by atoms with Gasteiger partial charge in [0.15, 0.2) is 0 Å². The van der Waals surface area contributed by atoms with Gasteiger partial charge < -0.3 is 5.73 Å². The van der Waals surface area contributed by atoms with Gasteiger partial charge in [0.25, 0.3) is 0 Å². The minimum Gasteiger partial charge on any atom is -0.388 e. The first-order valence-electron chi connectivity index (χ1n) is 5.29. The molecule has 2 N–H and O–H groups in total. The van der Waals surface area contributed by atoms with E-state index < -0.39 is 0 Å². The maximum absolute atomic E-state index is 13.4. The van der Waals surface area contributed by atoms with Gasteiger partial charge in [-0.2, -0.15) is 0 Å². The number of nitrogens with two attached hydrogens (primary N) is 1. The second-order valence-electron chi connectivity index (χ2n) is 3.62. The van der Waals surface area contributed by atoms with Crippen molar-refractivity contribution < 1.29 is 4.39 Å². The third kappa shape index (κ3) is 3.27. The molecule has 0 saturated carbocycles. The van der Waals surface area contributed by atoms with Crippen LogP contribution in [0.15, 0.2) is 47.5 Å². The van der Waals surface area contributed by atoms with Crippen LogP contribution in [0.2, 0.25) is 0 Å². The van der Waals surface area contributed by atoms with E-state index in [0.717, 1.165) is 4.90 Å². The van der Waals surface area contributed by atoms with E-state index >= 15 is 0 Å². The van der Waals surface area contributed by atoms with Crippen molar-refractivity contribution in [3.05, 3.63) is 59.7 Å². The Morgan fingerprint density at radius 2 is 2.11 bits per heavy atom. The molecule has 0 bridgehead atoms. The molecule has 0 amide bonds. The highest BCUT2D eigenvalue weighted by atomic mass is 32.2. The fourth-order valence-electron chi connectivity index (χ4n) is 1.41. The number of rotatable bonds is 4. The first-order valence-corrected chi connectivity index (χ1v) is 6.68. The van der Waals surface area contributed by atoms with E-state index in [-0.39, 0.29) is 10.8 Å². The van der Waals surface area contributed by atoms with Crippen LogP contribution in [0.5, 0.6) is 0 Å². The topological polar surface area (TPSA) is 38.9 Å². The molecular formula is C13H11FN2S2. The van der Waals surface area contributed by atoms with Crippen molar-refractivity contribution in [3.8, 4) is 0 Å². The third-order valence-corrected chi connectivity index (χ3v) is 3.59. The lowest BCUT2D eigenvalue weighted by Crippen LogP contribution is -2.11. The Hall–Kier alpha value is -1.46. The summed E-state index contributed by atoms with van der Waals surface area (Å²) in [5, 5.41) is 0. The molecule has 0 fully saturated rings. The molecule has 1 heterocycles. The number of hydrogen-bond donors (Lipinski definition) is 1. The number of nitrogens with zero attached hydrogens (tertiary/aromatic N) is 1. The lowest BCUT2D eigenvalue weighted by molar-refractivity contribution is 0.617. The summed E-state index contributed by atoms with van der Waals surface area (Å²) in [6.07, 6.45) is 1.65. The summed E-state index contributed by atoms with van der Waals surface area (Å²) in [6, 6.07) is 10.4. The minimum atomic E-state index is -0.186. The molecule has 2 rings (SSSR count). The van der Waals surface area contributed by atoms with Gasteiger partial charge in [0, 0.05) is 16.8 Å². The van der Waals surface area contributed by atoms with E-state index in [9.17, 15) is 4.39 Å². The largest absolute Gasteiger partial charge is 0.388 e. The smallest absolute Gasteiger partial charge is 0.127 e. The lowest BCUT2D eigenvalue weighted by atomic mass is 10.2. The van der Waals surface area contributed by atoms with Gasteiger partial charge in [0.05, 0.1) is 5.69 Å². The van der Waals surface area contributed by atoms with Gasteiger partial charge in [-0.3, -0.25) is 4.98 Å². The van der Waals surface area contributed by atoms with E-state index in [1.807, 2.05) is 18.2 Å². The van der Waals surface area contributed by atoms with Gasteiger partial charge in [0.2, 0.25) is 0 Å². The van der Waals surface area contributed by atoms with Crippen LogP contribution in [0.3, 0.4) is 0 Å². The highest BCUT2D eigenvalue weighted by molar-refractivity contribution is 7.98. The second kappa shape index (κ2) is 5.93. The highest BCUT2D eigenvalue weighted by Gasteiger charge is 2.04. The van der Waals surface area contributed by atoms with Crippen molar-refractivity contribution in [1.29, 1.82) is 0 Å². The van der Waals surface area contributed by atoms with E-state index in [1.165, 1.54) is 17.8 Å². The molecule has 5 heteroatoms. The third-order valence-electron chi connectivity index (χ3n) is 2.34. The minimum absolute atomic E-state index is 0.186. The van der Waals surface area contributed by atoms with Gasteiger partial charge in [0.1, 0.15) is 10.8 Å². The Labute approximate surface area is 114 Å². The number of aromatic nitrogens is 1. The molecule has 0 unspecified atom stereocenters. The van der Waals surface area contributed by atoms with Crippen LogP contribution >= 0.6 is 24.0 Å². The molecule has 2 nitrogen and oxygen atoms in total. The zero-order chi connectivity index (χ0) is 13.0. The van der Waals surface area contributed by atoms with Crippen molar-refractivity contribution in [2.24, 2.45) is 5.73 Å². The molecule has 2 aromatic rings. The molecular weight excluding hydrogens is 267 g/mol. The monoisotopic (exact) mass is 278 g/mol. The summed E-state index contributed by atoms with van der Waals surface area (Å²) in [4.78, 5) is 5.29. The maximum Gasteiger partial charge on any atom is 0.127 e. The molecule has 1 aromatic carbocycles. The van der Waals surface area contributed by atoms with Crippen LogP contribution in [0, 0.1) is 5.82 Å². The Balaban J connectivity index is 2.09. The zero-order valence-electron chi connectivity index (χ0n) is 9.47. The van der Waals surface area contributed by atoms with Gasteiger partial charge >= 0.3 is 0 Å². The van der Waals surface area contributed by atoms with Crippen molar-refractivity contribution >= 4 is 29.0 Å². The van der Waals surface area contributed by atoms with Gasteiger partial charge in [-0.15, -0.1) is 11.8 Å². The number of halogens is 1. The normalized spacial score (nSPS) is 10.3.